The fourth-order valence-corrected chi connectivity index (χ4v) is 1.15. The summed E-state index contributed by atoms with van der Waals surface area (Å²) in [7, 11) is 0. The van der Waals surface area contributed by atoms with Gasteiger partial charge in [0.15, 0.2) is 0 Å². The third-order valence-corrected chi connectivity index (χ3v) is 1.93. The molecule has 0 aromatic rings. The van der Waals surface area contributed by atoms with Gasteiger partial charge in [0.25, 0.3) is 0 Å². The summed E-state index contributed by atoms with van der Waals surface area (Å²) in [6.07, 6.45) is -4.04. The average Bonchev–Trinajstić information content (AvgIpc) is 2.31. The van der Waals surface area contributed by atoms with E-state index in [0.717, 1.165) is 0 Å². The Labute approximate surface area is 68.6 Å². The van der Waals surface area contributed by atoms with Gasteiger partial charge in [-0.3, -0.25) is 0 Å². The number of ether oxygens (including phenoxy) is 1. The molecule has 0 aromatic heterocycles. The molecule has 1 rings (SSSR count). The lowest BCUT2D eigenvalue weighted by Gasteiger charge is -2.22. The molecule has 1 aliphatic rings. The summed E-state index contributed by atoms with van der Waals surface area (Å²) >= 11 is 0. The van der Waals surface area contributed by atoms with Gasteiger partial charge >= 0.3 is 0 Å². The van der Waals surface area contributed by atoms with Crippen molar-refractivity contribution in [3.8, 4) is 0 Å². The first-order valence-electron chi connectivity index (χ1n) is 3.53. The van der Waals surface area contributed by atoms with Crippen LogP contribution >= 0.6 is 0 Å². The Bertz CT molecular complexity index is 162. The van der Waals surface area contributed by atoms with E-state index in [2.05, 4.69) is 4.74 Å². The highest BCUT2D eigenvalue weighted by Gasteiger charge is 2.52. The number of rotatable bonds is 2. The first-order chi connectivity index (χ1) is 5.55. The van der Waals surface area contributed by atoms with Crippen molar-refractivity contribution in [2.45, 2.75) is 24.1 Å². The number of hydrogen-bond donors (Lipinski definition) is 5. The van der Waals surface area contributed by atoms with Crippen LogP contribution in [0.15, 0.2) is 0 Å². The van der Waals surface area contributed by atoms with E-state index in [-0.39, 0.29) is 0 Å². The van der Waals surface area contributed by atoms with E-state index in [1.807, 2.05) is 0 Å². The van der Waals surface area contributed by atoms with Crippen molar-refractivity contribution in [3.05, 3.63) is 0 Å². The lowest BCUT2D eigenvalue weighted by molar-refractivity contribution is -0.248. The summed E-state index contributed by atoms with van der Waals surface area (Å²) < 4.78 is 4.63. The lowest BCUT2D eigenvalue weighted by atomic mass is 10.1. The van der Waals surface area contributed by atoms with Crippen LogP contribution in [0.5, 0.6) is 0 Å². The van der Waals surface area contributed by atoms with E-state index in [1.54, 1.807) is 0 Å². The van der Waals surface area contributed by atoms with Gasteiger partial charge in [0.05, 0.1) is 13.2 Å². The molecule has 1 unspecified atom stereocenters. The Morgan fingerprint density at radius 3 is 2.08 bits per heavy atom. The van der Waals surface area contributed by atoms with Crippen molar-refractivity contribution >= 4 is 0 Å². The van der Waals surface area contributed by atoms with Crippen LogP contribution in [0.3, 0.4) is 0 Å². The molecule has 1 fully saturated rings. The summed E-state index contributed by atoms with van der Waals surface area (Å²) in [5, 5.41) is 44.7. The highest BCUT2D eigenvalue weighted by molar-refractivity contribution is 4.94. The molecule has 0 aromatic carbocycles. The summed E-state index contributed by atoms with van der Waals surface area (Å²) in [5.41, 5.74) is 0. The van der Waals surface area contributed by atoms with Crippen molar-refractivity contribution in [3.63, 3.8) is 0 Å². The Hall–Kier alpha value is -0.240. The minimum Gasteiger partial charge on any atom is -0.394 e. The Kier molecular flexibility index (Phi) is 2.67. The highest BCUT2D eigenvalue weighted by Crippen LogP contribution is 2.28. The zero-order chi connectivity index (χ0) is 9.35. The van der Waals surface area contributed by atoms with E-state index >= 15 is 0 Å². The standard InChI is InChI=1S/C6H12O6/c7-1-3-4(9)5(10)6(11,2-8)12-3/h3-5,7-11H,1-2H2/t3-,4-,5-,6?/m0/s1. The molecule has 1 saturated heterocycles. The third-order valence-electron chi connectivity index (χ3n) is 1.93. The molecule has 5 N–H and O–H groups in total. The van der Waals surface area contributed by atoms with E-state index in [1.165, 1.54) is 0 Å². The molecule has 4 atom stereocenters. The van der Waals surface area contributed by atoms with Crippen LogP contribution in [0.2, 0.25) is 0 Å². The summed E-state index contributed by atoms with van der Waals surface area (Å²) in [6, 6.07) is 0. The average molecular weight is 180 g/mol. The molecule has 0 spiro atoms. The molecule has 1 aliphatic heterocycles. The molecule has 12 heavy (non-hydrogen) atoms. The van der Waals surface area contributed by atoms with Gasteiger partial charge in [0, 0.05) is 0 Å². The predicted molar refractivity (Wildman–Crippen MR) is 36.0 cm³/mol. The van der Waals surface area contributed by atoms with Gasteiger partial charge in [0.1, 0.15) is 18.3 Å². The normalized spacial score (nSPS) is 48.2. The molecular formula is C6H12O6. The molecule has 0 amide bonds. The first kappa shape index (κ1) is 9.85. The van der Waals surface area contributed by atoms with Crippen LogP contribution in [0.1, 0.15) is 0 Å². The Balaban J connectivity index is 2.72. The molecule has 0 radical (unpaired) electrons. The topological polar surface area (TPSA) is 110 Å². The van der Waals surface area contributed by atoms with Gasteiger partial charge in [-0.15, -0.1) is 0 Å². The van der Waals surface area contributed by atoms with Gasteiger partial charge in [-0.2, -0.15) is 0 Å². The molecule has 1 heterocycles. The molecular weight excluding hydrogens is 168 g/mol. The van der Waals surface area contributed by atoms with Crippen LogP contribution in [0, 0.1) is 0 Å². The second-order valence-corrected chi connectivity index (χ2v) is 2.78. The van der Waals surface area contributed by atoms with E-state index in [4.69, 9.17) is 20.4 Å². The van der Waals surface area contributed by atoms with Crippen LogP contribution in [0.25, 0.3) is 0 Å². The van der Waals surface area contributed by atoms with Crippen LogP contribution in [-0.2, 0) is 4.74 Å². The third kappa shape index (κ3) is 1.33. The Morgan fingerprint density at radius 2 is 1.83 bits per heavy atom. The molecule has 6 heteroatoms. The van der Waals surface area contributed by atoms with Gasteiger partial charge < -0.3 is 30.3 Å². The molecule has 0 aliphatic carbocycles. The molecule has 0 saturated carbocycles. The van der Waals surface area contributed by atoms with Gasteiger partial charge in [-0.25, -0.2) is 0 Å². The van der Waals surface area contributed by atoms with Gasteiger partial charge in [-0.1, -0.05) is 0 Å². The van der Waals surface area contributed by atoms with E-state index in [0.29, 0.717) is 0 Å². The molecule has 0 bridgehead atoms. The number of hydrogen-bond acceptors (Lipinski definition) is 6. The second kappa shape index (κ2) is 3.25. The van der Waals surface area contributed by atoms with Crippen molar-refractivity contribution < 1.29 is 30.3 Å². The van der Waals surface area contributed by atoms with E-state index < -0.39 is 37.3 Å². The number of aliphatic hydroxyl groups is 5. The maximum absolute atomic E-state index is 9.25. The van der Waals surface area contributed by atoms with Gasteiger partial charge in [0.2, 0.25) is 5.79 Å². The summed E-state index contributed by atoms with van der Waals surface area (Å²) in [6.45, 7) is -1.36. The summed E-state index contributed by atoms with van der Waals surface area (Å²) in [4.78, 5) is 0. The monoisotopic (exact) mass is 180 g/mol. The van der Waals surface area contributed by atoms with Crippen molar-refractivity contribution in [2.24, 2.45) is 0 Å². The maximum atomic E-state index is 9.25. The van der Waals surface area contributed by atoms with Crippen LogP contribution < -0.4 is 0 Å². The van der Waals surface area contributed by atoms with Gasteiger partial charge in [-0.05, 0) is 0 Å². The maximum Gasteiger partial charge on any atom is 0.219 e. The zero-order valence-corrected chi connectivity index (χ0v) is 6.29. The number of aliphatic hydroxyl groups excluding tert-OH is 4. The quantitative estimate of drug-likeness (QED) is 0.306. The highest BCUT2D eigenvalue weighted by atomic mass is 16.7. The SMILES string of the molecule is OC[C@@H]1OC(O)(CO)[C@@H](O)[C@H]1O. The first-order valence-corrected chi connectivity index (χ1v) is 3.53. The van der Waals surface area contributed by atoms with Crippen LogP contribution in [0.4, 0.5) is 0 Å². The lowest BCUT2D eigenvalue weighted by Crippen LogP contribution is -2.46. The fourth-order valence-electron chi connectivity index (χ4n) is 1.15. The second-order valence-electron chi connectivity index (χ2n) is 2.78. The van der Waals surface area contributed by atoms with Crippen LogP contribution in [-0.4, -0.2) is 62.8 Å². The summed E-state index contributed by atoms with van der Waals surface area (Å²) in [5.74, 6) is -2.16. The van der Waals surface area contributed by atoms with Crippen molar-refractivity contribution in [1.29, 1.82) is 0 Å². The zero-order valence-electron chi connectivity index (χ0n) is 6.29. The minimum atomic E-state index is -2.16. The largest absolute Gasteiger partial charge is 0.394 e. The minimum absolute atomic E-state index is 0.527. The van der Waals surface area contributed by atoms with Crippen molar-refractivity contribution in [2.75, 3.05) is 13.2 Å². The predicted octanol–water partition coefficient (Wildman–Crippen LogP) is -3.22. The Morgan fingerprint density at radius 1 is 1.25 bits per heavy atom. The van der Waals surface area contributed by atoms with Crippen molar-refractivity contribution in [1.82, 2.24) is 0 Å². The van der Waals surface area contributed by atoms with E-state index in [9.17, 15) is 5.11 Å². The molecule has 72 valence electrons. The smallest absolute Gasteiger partial charge is 0.219 e. The molecule has 6 nitrogen and oxygen atoms in total. The fraction of sp³-hybridized carbons (Fsp3) is 1.00.